The average molecular weight is 270 g/mol. The number of phenols is 1. The summed E-state index contributed by atoms with van der Waals surface area (Å²) in [5.74, 6) is 0.170. The lowest BCUT2D eigenvalue weighted by Gasteiger charge is -2.00. The van der Waals surface area contributed by atoms with Crippen molar-refractivity contribution in [2.24, 2.45) is 0 Å². The first-order valence-corrected chi connectivity index (χ1v) is 6.03. The van der Waals surface area contributed by atoms with E-state index in [1.807, 2.05) is 6.92 Å². The molecule has 0 saturated carbocycles. The van der Waals surface area contributed by atoms with Crippen molar-refractivity contribution in [1.82, 2.24) is 10.1 Å². The van der Waals surface area contributed by atoms with Crippen LogP contribution in [-0.2, 0) is 0 Å². The monoisotopic (exact) mass is 270 g/mol. The van der Waals surface area contributed by atoms with Crippen LogP contribution in [0.5, 0.6) is 5.75 Å². The predicted molar refractivity (Wildman–Crippen MR) is 71.5 cm³/mol. The lowest BCUT2D eigenvalue weighted by atomic mass is 10.1. The molecule has 0 spiro atoms. The van der Waals surface area contributed by atoms with Gasteiger partial charge in [-0.05, 0) is 31.2 Å². The van der Waals surface area contributed by atoms with Crippen molar-refractivity contribution in [3.63, 3.8) is 0 Å². The third kappa shape index (κ3) is 2.25. The fourth-order valence-electron chi connectivity index (χ4n) is 1.90. The summed E-state index contributed by atoms with van der Waals surface area (Å²) in [6.45, 7) is 1.90. The zero-order valence-electron chi connectivity index (χ0n) is 10.7. The SMILES string of the molecule is Cc1ccc(O)c(-c2nc(-c3cccc(F)c3)no2)c1. The van der Waals surface area contributed by atoms with E-state index >= 15 is 0 Å². The van der Waals surface area contributed by atoms with Gasteiger partial charge in [-0.2, -0.15) is 4.98 Å². The van der Waals surface area contributed by atoms with E-state index in [1.165, 1.54) is 12.1 Å². The van der Waals surface area contributed by atoms with Crippen LogP contribution in [0.4, 0.5) is 4.39 Å². The van der Waals surface area contributed by atoms with E-state index < -0.39 is 0 Å². The Balaban J connectivity index is 2.04. The van der Waals surface area contributed by atoms with Crippen LogP contribution in [-0.4, -0.2) is 15.2 Å². The van der Waals surface area contributed by atoms with Gasteiger partial charge in [-0.3, -0.25) is 0 Å². The third-order valence-corrected chi connectivity index (χ3v) is 2.89. The minimum absolute atomic E-state index is 0.0602. The number of halogens is 1. The third-order valence-electron chi connectivity index (χ3n) is 2.89. The lowest BCUT2D eigenvalue weighted by molar-refractivity contribution is 0.425. The number of rotatable bonds is 2. The maximum atomic E-state index is 13.2. The Kier molecular flexibility index (Phi) is 2.95. The maximum absolute atomic E-state index is 13.2. The van der Waals surface area contributed by atoms with Gasteiger partial charge in [0.25, 0.3) is 5.89 Å². The van der Waals surface area contributed by atoms with Gasteiger partial charge >= 0.3 is 0 Å². The molecule has 3 aromatic rings. The molecule has 3 rings (SSSR count). The van der Waals surface area contributed by atoms with E-state index in [4.69, 9.17) is 4.52 Å². The van der Waals surface area contributed by atoms with E-state index in [-0.39, 0.29) is 23.3 Å². The zero-order valence-corrected chi connectivity index (χ0v) is 10.7. The summed E-state index contributed by atoms with van der Waals surface area (Å²) in [7, 11) is 0. The molecule has 0 atom stereocenters. The number of nitrogens with zero attached hydrogens (tertiary/aromatic N) is 2. The Morgan fingerprint density at radius 2 is 2.00 bits per heavy atom. The van der Waals surface area contributed by atoms with Crippen LogP contribution in [0.3, 0.4) is 0 Å². The molecule has 0 fully saturated rings. The van der Waals surface area contributed by atoms with Crippen LogP contribution < -0.4 is 0 Å². The number of aromatic hydroxyl groups is 1. The molecule has 20 heavy (non-hydrogen) atoms. The van der Waals surface area contributed by atoms with Crippen molar-refractivity contribution in [2.45, 2.75) is 6.92 Å². The van der Waals surface area contributed by atoms with Crippen molar-refractivity contribution < 1.29 is 14.0 Å². The smallest absolute Gasteiger partial charge is 0.262 e. The molecule has 0 radical (unpaired) electrons. The van der Waals surface area contributed by atoms with Crippen molar-refractivity contribution in [3.8, 4) is 28.6 Å². The van der Waals surface area contributed by atoms with Crippen LogP contribution in [0.2, 0.25) is 0 Å². The first-order valence-electron chi connectivity index (χ1n) is 6.03. The first kappa shape index (κ1) is 12.3. The molecule has 0 saturated heterocycles. The highest BCUT2D eigenvalue weighted by molar-refractivity contribution is 5.65. The highest BCUT2D eigenvalue weighted by Crippen LogP contribution is 2.30. The highest BCUT2D eigenvalue weighted by atomic mass is 19.1. The van der Waals surface area contributed by atoms with Gasteiger partial charge in [0.05, 0.1) is 5.56 Å². The van der Waals surface area contributed by atoms with Crippen LogP contribution in [0, 0.1) is 12.7 Å². The van der Waals surface area contributed by atoms with Crippen LogP contribution in [0.25, 0.3) is 22.8 Å². The molecule has 1 aromatic heterocycles. The number of benzene rings is 2. The fourth-order valence-corrected chi connectivity index (χ4v) is 1.90. The molecule has 0 aliphatic heterocycles. The Morgan fingerprint density at radius 1 is 1.15 bits per heavy atom. The van der Waals surface area contributed by atoms with Crippen molar-refractivity contribution in [1.29, 1.82) is 0 Å². The molecule has 0 unspecified atom stereocenters. The molecule has 1 heterocycles. The Hall–Kier alpha value is -2.69. The van der Waals surface area contributed by atoms with Gasteiger partial charge in [-0.25, -0.2) is 4.39 Å². The quantitative estimate of drug-likeness (QED) is 0.773. The summed E-state index contributed by atoms with van der Waals surface area (Å²) in [4.78, 5) is 4.19. The molecule has 0 aliphatic carbocycles. The van der Waals surface area contributed by atoms with Crippen LogP contribution >= 0.6 is 0 Å². The first-order chi connectivity index (χ1) is 9.63. The van der Waals surface area contributed by atoms with E-state index in [0.717, 1.165) is 5.56 Å². The maximum Gasteiger partial charge on any atom is 0.262 e. The van der Waals surface area contributed by atoms with Gasteiger partial charge in [0, 0.05) is 5.56 Å². The second-order valence-electron chi connectivity index (χ2n) is 4.45. The van der Waals surface area contributed by atoms with Gasteiger partial charge in [0.1, 0.15) is 11.6 Å². The van der Waals surface area contributed by atoms with Crippen molar-refractivity contribution in [3.05, 3.63) is 53.8 Å². The topological polar surface area (TPSA) is 59.2 Å². The molecule has 4 nitrogen and oxygen atoms in total. The fraction of sp³-hybridized carbons (Fsp3) is 0.0667. The largest absolute Gasteiger partial charge is 0.507 e. The number of hydrogen-bond donors (Lipinski definition) is 1. The van der Waals surface area contributed by atoms with E-state index in [1.54, 1.807) is 30.3 Å². The Labute approximate surface area is 114 Å². The number of aromatic nitrogens is 2. The normalized spacial score (nSPS) is 10.7. The highest BCUT2D eigenvalue weighted by Gasteiger charge is 2.14. The Morgan fingerprint density at radius 3 is 2.80 bits per heavy atom. The minimum atomic E-state index is -0.368. The van der Waals surface area contributed by atoms with Crippen molar-refractivity contribution >= 4 is 0 Å². The van der Waals surface area contributed by atoms with Crippen molar-refractivity contribution in [2.75, 3.05) is 0 Å². The van der Waals surface area contributed by atoms with Crippen LogP contribution in [0.15, 0.2) is 47.0 Å². The molecule has 0 aliphatic rings. The summed E-state index contributed by atoms with van der Waals surface area (Å²) in [6, 6.07) is 11.0. The van der Waals surface area contributed by atoms with Crippen LogP contribution in [0.1, 0.15) is 5.56 Å². The summed E-state index contributed by atoms with van der Waals surface area (Å²) >= 11 is 0. The molecule has 0 bridgehead atoms. The molecule has 2 aromatic carbocycles. The summed E-state index contributed by atoms with van der Waals surface area (Å²) < 4.78 is 18.3. The lowest BCUT2D eigenvalue weighted by Crippen LogP contribution is -1.84. The van der Waals surface area contributed by atoms with Gasteiger partial charge in [0.2, 0.25) is 5.82 Å². The number of aryl methyl sites for hydroxylation is 1. The van der Waals surface area contributed by atoms with E-state index in [0.29, 0.717) is 11.1 Å². The minimum Gasteiger partial charge on any atom is -0.507 e. The van der Waals surface area contributed by atoms with Gasteiger partial charge in [-0.1, -0.05) is 28.9 Å². The summed E-state index contributed by atoms with van der Waals surface area (Å²) in [5.41, 5.74) is 1.94. The number of hydrogen-bond acceptors (Lipinski definition) is 4. The van der Waals surface area contributed by atoms with E-state index in [9.17, 15) is 9.50 Å². The summed E-state index contributed by atoms with van der Waals surface area (Å²) in [6.07, 6.45) is 0. The molecule has 100 valence electrons. The van der Waals surface area contributed by atoms with Gasteiger partial charge < -0.3 is 9.63 Å². The van der Waals surface area contributed by atoms with Gasteiger partial charge in [0.15, 0.2) is 0 Å². The predicted octanol–water partition coefficient (Wildman–Crippen LogP) is 3.56. The molecular formula is C15H11FN2O2. The second-order valence-corrected chi connectivity index (χ2v) is 4.45. The Bertz CT molecular complexity index is 768. The molecule has 1 N–H and O–H groups in total. The number of phenolic OH excluding ortho intramolecular Hbond substituents is 1. The second kappa shape index (κ2) is 4.77. The van der Waals surface area contributed by atoms with E-state index in [2.05, 4.69) is 10.1 Å². The zero-order chi connectivity index (χ0) is 14.1. The summed E-state index contributed by atoms with van der Waals surface area (Å²) in [5, 5.41) is 13.6. The average Bonchev–Trinajstić information content (AvgIpc) is 2.91. The molecule has 5 heteroatoms. The standard InChI is InChI=1S/C15H11FN2O2/c1-9-5-6-13(19)12(7-9)15-17-14(18-20-15)10-3-2-4-11(16)8-10/h2-8,19H,1H3. The van der Waals surface area contributed by atoms with Gasteiger partial charge in [-0.15, -0.1) is 0 Å². The molecular weight excluding hydrogens is 259 g/mol. The molecule has 0 amide bonds.